The summed E-state index contributed by atoms with van der Waals surface area (Å²) in [6.07, 6.45) is 1.88. The standard InChI is InChI=1S/C16H18BrN3O2/c1-20(11-4-6-18-7-5-11)16(22)13-9-15(21)19-14-3-2-10(17)8-12(13)14/h2-3,8-9,11,18H,4-7H2,1H3,(H,19,21). The number of carbonyl (C=O) groups excluding carboxylic acids is 1. The third kappa shape index (κ3) is 2.94. The van der Waals surface area contributed by atoms with E-state index in [-0.39, 0.29) is 17.5 Å². The summed E-state index contributed by atoms with van der Waals surface area (Å²) in [7, 11) is 1.82. The molecule has 6 heteroatoms. The van der Waals surface area contributed by atoms with E-state index in [1.165, 1.54) is 6.07 Å². The zero-order chi connectivity index (χ0) is 15.7. The van der Waals surface area contributed by atoms with E-state index < -0.39 is 0 Å². The average molecular weight is 364 g/mol. The molecule has 2 heterocycles. The molecule has 1 saturated heterocycles. The minimum absolute atomic E-state index is 0.0962. The molecule has 5 nitrogen and oxygen atoms in total. The summed E-state index contributed by atoms with van der Waals surface area (Å²) < 4.78 is 0.880. The summed E-state index contributed by atoms with van der Waals surface area (Å²) in [6, 6.07) is 7.14. The molecule has 1 amide bonds. The maximum atomic E-state index is 12.9. The first-order valence-electron chi connectivity index (χ1n) is 7.37. The molecule has 0 bridgehead atoms. The fourth-order valence-electron chi connectivity index (χ4n) is 2.95. The number of pyridine rings is 1. The number of H-pyrrole nitrogens is 1. The van der Waals surface area contributed by atoms with Crippen molar-refractivity contribution in [2.75, 3.05) is 20.1 Å². The molecule has 2 aromatic rings. The van der Waals surface area contributed by atoms with Crippen molar-refractivity contribution < 1.29 is 4.79 Å². The number of piperidine rings is 1. The number of amides is 1. The predicted molar refractivity (Wildman–Crippen MR) is 90.3 cm³/mol. The fraction of sp³-hybridized carbons (Fsp3) is 0.375. The van der Waals surface area contributed by atoms with Gasteiger partial charge in [0.05, 0.1) is 5.56 Å². The van der Waals surface area contributed by atoms with Crippen LogP contribution in [-0.2, 0) is 0 Å². The monoisotopic (exact) mass is 363 g/mol. The maximum absolute atomic E-state index is 12.9. The predicted octanol–water partition coefficient (Wildman–Crippen LogP) is 2.11. The number of rotatable bonds is 2. The van der Waals surface area contributed by atoms with E-state index in [4.69, 9.17) is 0 Å². The number of carbonyl (C=O) groups is 1. The molecule has 2 N–H and O–H groups in total. The van der Waals surface area contributed by atoms with Crippen LogP contribution in [0.2, 0.25) is 0 Å². The molecule has 116 valence electrons. The molecule has 0 saturated carbocycles. The second-order valence-corrected chi connectivity index (χ2v) is 6.55. The van der Waals surface area contributed by atoms with Crippen LogP contribution in [-0.4, -0.2) is 42.0 Å². The number of nitrogens with one attached hydrogen (secondary N) is 2. The third-order valence-corrected chi connectivity index (χ3v) is 4.71. The van der Waals surface area contributed by atoms with E-state index in [2.05, 4.69) is 26.2 Å². The Balaban J connectivity index is 2.02. The van der Waals surface area contributed by atoms with Crippen LogP contribution in [0.1, 0.15) is 23.2 Å². The van der Waals surface area contributed by atoms with Crippen LogP contribution in [0.3, 0.4) is 0 Å². The van der Waals surface area contributed by atoms with E-state index in [0.717, 1.165) is 35.8 Å². The molecular formula is C16H18BrN3O2. The number of halogens is 1. The minimum Gasteiger partial charge on any atom is -0.339 e. The van der Waals surface area contributed by atoms with E-state index in [0.29, 0.717) is 11.1 Å². The van der Waals surface area contributed by atoms with Crippen LogP contribution < -0.4 is 10.9 Å². The molecule has 3 rings (SSSR count). The first-order valence-corrected chi connectivity index (χ1v) is 8.16. The molecule has 1 aliphatic rings. The molecule has 0 aliphatic carbocycles. The SMILES string of the molecule is CN(C(=O)c1cc(=O)[nH]c2ccc(Br)cc12)C1CCNCC1. The van der Waals surface area contributed by atoms with Crippen molar-refractivity contribution in [1.29, 1.82) is 0 Å². The van der Waals surface area contributed by atoms with Crippen molar-refractivity contribution in [3.63, 3.8) is 0 Å². The number of hydrogen-bond acceptors (Lipinski definition) is 3. The van der Waals surface area contributed by atoms with Gasteiger partial charge in [-0.1, -0.05) is 15.9 Å². The second-order valence-electron chi connectivity index (χ2n) is 5.63. The van der Waals surface area contributed by atoms with Crippen LogP contribution in [0.4, 0.5) is 0 Å². The molecule has 1 aromatic carbocycles. The summed E-state index contributed by atoms with van der Waals surface area (Å²) in [5.41, 5.74) is 0.885. The molecule has 1 fully saturated rings. The number of benzene rings is 1. The highest BCUT2D eigenvalue weighted by Gasteiger charge is 2.24. The first-order chi connectivity index (χ1) is 10.6. The van der Waals surface area contributed by atoms with E-state index in [9.17, 15) is 9.59 Å². The molecule has 0 spiro atoms. The lowest BCUT2D eigenvalue weighted by molar-refractivity contribution is 0.0705. The lowest BCUT2D eigenvalue weighted by atomic mass is 10.0. The Labute approximate surface area is 136 Å². The topological polar surface area (TPSA) is 65.2 Å². The van der Waals surface area contributed by atoms with Crippen LogP contribution in [0.25, 0.3) is 10.9 Å². The summed E-state index contributed by atoms with van der Waals surface area (Å²) in [6.45, 7) is 1.84. The van der Waals surface area contributed by atoms with Crippen LogP contribution in [0.5, 0.6) is 0 Å². The van der Waals surface area contributed by atoms with Crippen LogP contribution in [0, 0.1) is 0 Å². The lowest BCUT2D eigenvalue weighted by Crippen LogP contribution is -2.44. The average Bonchev–Trinajstić information content (AvgIpc) is 2.54. The van der Waals surface area contributed by atoms with E-state index >= 15 is 0 Å². The Bertz CT molecular complexity index is 766. The van der Waals surface area contributed by atoms with Gasteiger partial charge in [-0.05, 0) is 44.1 Å². The van der Waals surface area contributed by atoms with Crippen molar-refractivity contribution >= 4 is 32.7 Å². The Hall–Kier alpha value is -1.66. The quantitative estimate of drug-likeness (QED) is 0.858. The Morgan fingerprint density at radius 3 is 2.73 bits per heavy atom. The van der Waals surface area contributed by atoms with Gasteiger partial charge in [0, 0.05) is 34.5 Å². The van der Waals surface area contributed by atoms with Crippen molar-refractivity contribution in [2.24, 2.45) is 0 Å². The van der Waals surface area contributed by atoms with Gasteiger partial charge >= 0.3 is 0 Å². The van der Waals surface area contributed by atoms with Gasteiger partial charge < -0.3 is 15.2 Å². The van der Waals surface area contributed by atoms with E-state index in [1.807, 2.05) is 25.2 Å². The van der Waals surface area contributed by atoms with Gasteiger partial charge in [0.25, 0.3) is 5.91 Å². The fourth-order valence-corrected chi connectivity index (χ4v) is 3.31. The Kier molecular flexibility index (Phi) is 4.31. The third-order valence-electron chi connectivity index (χ3n) is 4.21. The van der Waals surface area contributed by atoms with Gasteiger partial charge in [0.1, 0.15) is 0 Å². The van der Waals surface area contributed by atoms with Gasteiger partial charge in [-0.2, -0.15) is 0 Å². The normalized spacial score (nSPS) is 15.9. The Morgan fingerprint density at radius 1 is 1.27 bits per heavy atom. The molecule has 1 aromatic heterocycles. The van der Waals surface area contributed by atoms with Gasteiger partial charge in [-0.25, -0.2) is 0 Å². The molecule has 22 heavy (non-hydrogen) atoms. The Morgan fingerprint density at radius 2 is 2.00 bits per heavy atom. The zero-order valence-electron chi connectivity index (χ0n) is 12.4. The number of nitrogens with zero attached hydrogens (tertiary/aromatic N) is 1. The van der Waals surface area contributed by atoms with Crippen molar-refractivity contribution in [2.45, 2.75) is 18.9 Å². The highest BCUT2D eigenvalue weighted by atomic mass is 79.9. The summed E-state index contributed by atoms with van der Waals surface area (Å²) in [5.74, 6) is -0.0962. The van der Waals surface area contributed by atoms with Crippen molar-refractivity contribution in [3.8, 4) is 0 Å². The number of aromatic nitrogens is 1. The van der Waals surface area contributed by atoms with Gasteiger partial charge in [0.2, 0.25) is 5.56 Å². The molecule has 0 unspecified atom stereocenters. The summed E-state index contributed by atoms with van der Waals surface area (Å²) in [5, 5.41) is 4.06. The highest BCUT2D eigenvalue weighted by molar-refractivity contribution is 9.10. The number of hydrogen-bond donors (Lipinski definition) is 2. The van der Waals surface area contributed by atoms with Crippen molar-refractivity contribution in [3.05, 3.63) is 44.7 Å². The smallest absolute Gasteiger partial charge is 0.254 e. The highest BCUT2D eigenvalue weighted by Crippen LogP contribution is 2.22. The van der Waals surface area contributed by atoms with Crippen molar-refractivity contribution in [1.82, 2.24) is 15.2 Å². The number of fused-ring (bicyclic) bond motifs is 1. The summed E-state index contributed by atoms with van der Waals surface area (Å²) in [4.78, 5) is 29.3. The van der Waals surface area contributed by atoms with Gasteiger partial charge in [-0.15, -0.1) is 0 Å². The molecule has 0 atom stereocenters. The van der Waals surface area contributed by atoms with Crippen LogP contribution in [0.15, 0.2) is 33.5 Å². The van der Waals surface area contributed by atoms with Gasteiger partial charge in [0.15, 0.2) is 0 Å². The second kappa shape index (κ2) is 6.22. The lowest BCUT2D eigenvalue weighted by Gasteiger charge is -2.31. The number of aromatic amines is 1. The zero-order valence-corrected chi connectivity index (χ0v) is 13.9. The minimum atomic E-state index is -0.253. The largest absolute Gasteiger partial charge is 0.339 e. The maximum Gasteiger partial charge on any atom is 0.254 e. The summed E-state index contributed by atoms with van der Waals surface area (Å²) >= 11 is 3.42. The molecular weight excluding hydrogens is 346 g/mol. The first kappa shape index (κ1) is 15.2. The van der Waals surface area contributed by atoms with E-state index in [1.54, 1.807) is 4.90 Å². The molecule has 1 aliphatic heterocycles. The molecule has 0 radical (unpaired) electrons. The van der Waals surface area contributed by atoms with Gasteiger partial charge in [-0.3, -0.25) is 9.59 Å². The van der Waals surface area contributed by atoms with Crippen LogP contribution >= 0.6 is 15.9 Å².